The third-order valence-electron chi connectivity index (χ3n) is 4.84. The molecule has 0 spiro atoms. The van der Waals surface area contributed by atoms with E-state index in [2.05, 4.69) is 10.3 Å². The Morgan fingerprint density at radius 1 is 1.07 bits per heavy atom. The molecule has 0 bridgehead atoms. The predicted octanol–water partition coefficient (Wildman–Crippen LogP) is 4.07. The molecule has 0 radical (unpaired) electrons. The smallest absolute Gasteiger partial charge is 0.269 e. The first-order chi connectivity index (χ1) is 14.1. The number of piperidine rings is 1. The Morgan fingerprint density at radius 2 is 1.83 bits per heavy atom. The number of fused-ring (bicyclic) bond motifs is 1. The van der Waals surface area contributed by atoms with Crippen LogP contribution in [0.5, 0.6) is 23.0 Å². The number of aromatic nitrogens is 1. The molecule has 4 rings (SSSR count). The summed E-state index contributed by atoms with van der Waals surface area (Å²) in [6.07, 6.45) is 3.68. The molecule has 150 valence electrons. The van der Waals surface area contributed by atoms with Crippen LogP contribution in [-0.2, 0) is 0 Å². The summed E-state index contributed by atoms with van der Waals surface area (Å²) < 4.78 is 17.7. The maximum absolute atomic E-state index is 10.8. The molecular weight excluding hydrogens is 374 g/mol. The molecule has 1 fully saturated rings. The molecule has 3 aromatic rings. The number of nitro benzene ring substituents is 1. The Morgan fingerprint density at radius 3 is 2.52 bits per heavy atom. The van der Waals surface area contributed by atoms with Crippen molar-refractivity contribution in [3.8, 4) is 23.0 Å². The highest BCUT2D eigenvalue weighted by molar-refractivity contribution is 5.88. The Kier molecular flexibility index (Phi) is 5.44. The fourth-order valence-corrected chi connectivity index (χ4v) is 3.32. The van der Waals surface area contributed by atoms with Gasteiger partial charge in [-0.15, -0.1) is 0 Å². The molecule has 2 heterocycles. The van der Waals surface area contributed by atoms with Crippen molar-refractivity contribution < 1.29 is 19.1 Å². The first kappa shape index (κ1) is 18.9. The number of methoxy groups -OCH3 is 1. The van der Waals surface area contributed by atoms with E-state index in [9.17, 15) is 10.1 Å². The number of hydrogen-bond acceptors (Lipinski definition) is 7. The molecule has 1 N–H and O–H groups in total. The van der Waals surface area contributed by atoms with E-state index >= 15 is 0 Å². The zero-order valence-corrected chi connectivity index (χ0v) is 16.0. The third kappa shape index (κ3) is 4.22. The molecule has 1 aliphatic heterocycles. The molecule has 2 aromatic carbocycles. The summed E-state index contributed by atoms with van der Waals surface area (Å²) in [5, 5.41) is 14.9. The van der Waals surface area contributed by atoms with Crippen molar-refractivity contribution in [1.82, 2.24) is 10.3 Å². The number of pyridine rings is 1. The second kappa shape index (κ2) is 8.32. The molecule has 0 amide bonds. The van der Waals surface area contributed by atoms with Gasteiger partial charge in [0, 0.05) is 29.8 Å². The third-order valence-corrected chi connectivity index (χ3v) is 4.84. The van der Waals surface area contributed by atoms with Gasteiger partial charge in [-0.05, 0) is 50.2 Å². The monoisotopic (exact) mass is 395 g/mol. The van der Waals surface area contributed by atoms with Gasteiger partial charge in [0.15, 0.2) is 11.5 Å². The molecule has 1 saturated heterocycles. The van der Waals surface area contributed by atoms with Crippen molar-refractivity contribution in [2.45, 2.75) is 18.9 Å². The van der Waals surface area contributed by atoms with E-state index < -0.39 is 4.92 Å². The summed E-state index contributed by atoms with van der Waals surface area (Å²) in [4.78, 5) is 14.8. The molecule has 0 aliphatic carbocycles. The van der Waals surface area contributed by atoms with Gasteiger partial charge >= 0.3 is 0 Å². The SMILES string of the molecule is COc1cc2c(Oc3ccc([N+](=O)[O-])cc3)ccnc2cc1OC1CCNCC1. The molecule has 29 heavy (non-hydrogen) atoms. The highest BCUT2D eigenvalue weighted by atomic mass is 16.6. The molecule has 8 heteroatoms. The standard InChI is InChI=1S/C21H21N3O5/c1-27-20-12-17-18(13-21(20)29-16-6-9-22-10-7-16)23-11-8-19(17)28-15-4-2-14(3-5-15)24(25)26/h2-5,8,11-13,16,22H,6-7,9-10H2,1H3. The van der Waals surface area contributed by atoms with Crippen LogP contribution >= 0.6 is 0 Å². The normalized spacial score (nSPS) is 14.5. The van der Waals surface area contributed by atoms with E-state index in [-0.39, 0.29) is 11.8 Å². The average Bonchev–Trinajstić information content (AvgIpc) is 2.74. The summed E-state index contributed by atoms with van der Waals surface area (Å²) in [5.41, 5.74) is 0.729. The van der Waals surface area contributed by atoms with Gasteiger partial charge < -0.3 is 19.5 Å². The second-order valence-corrected chi connectivity index (χ2v) is 6.75. The number of nitro groups is 1. The Bertz CT molecular complexity index is 1020. The van der Waals surface area contributed by atoms with Crippen molar-refractivity contribution in [3.05, 3.63) is 58.8 Å². The number of nitrogens with one attached hydrogen (secondary N) is 1. The van der Waals surface area contributed by atoms with Crippen LogP contribution in [0.25, 0.3) is 10.9 Å². The quantitative estimate of drug-likeness (QED) is 0.496. The van der Waals surface area contributed by atoms with Crippen LogP contribution in [0, 0.1) is 10.1 Å². The maximum Gasteiger partial charge on any atom is 0.269 e. The van der Waals surface area contributed by atoms with Gasteiger partial charge in [-0.2, -0.15) is 0 Å². The highest BCUT2D eigenvalue weighted by Gasteiger charge is 2.18. The lowest BCUT2D eigenvalue weighted by Crippen LogP contribution is -2.34. The van der Waals surface area contributed by atoms with E-state index in [4.69, 9.17) is 14.2 Å². The van der Waals surface area contributed by atoms with Gasteiger partial charge in [0.2, 0.25) is 0 Å². The molecule has 0 saturated carbocycles. The van der Waals surface area contributed by atoms with Crippen LogP contribution in [0.3, 0.4) is 0 Å². The fraction of sp³-hybridized carbons (Fsp3) is 0.286. The van der Waals surface area contributed by atoms with Gasteiger partial charge in [-0.1, -0.05) is 0 Å². The van der Waals surface area contributed by atoms with E-state index in [0.717, 1.165) is 31.3 Å². The topological polar surface area (TPSA) is 95.8 Å². The molecular formula is C21H21N3O5. The highest BCUT2D eigenvalue weighted by Crippen LogP contribution is 2.38. The van der Waals surface area contributed by atoms with Gasteiger partial charge in [0.05, 0.1) is 17.5 Å². The second-order valence-electron chi connectivity index (χ2n) is 6.75. The zero-order valence-electron chi connectivity index (χ0n) is 16.0. The summed E-state index contributed by atoms with van der Waals surface area (Å²) in [6.45, 7) is 1.87. The molecule has 0 atom stereocenters. The Hall–Kier alpha value is -3.39. The van der Waals surface area contributed by atoms with Gasteiger partial charge in [0.1, 0.15) is 17.6 Å². The molecule has 1 aromatic heterocycles. The Labute approximate surface area is 167 Å². The summed E-state index contributed by atoms with van der Waals surface area (Å²) >= 11 is 0. The maximum atomic E-state index is 10.8. The van der Waals surface area contributed by atoms with Crippen molar-refractivity contribution in [2.24, 2.45) is 0 Å². The van der Waals surface area contributed by atoms with E-state index in [1.54, 1.807) is 31.5 Å². The first-order valence-corrected chi connectivity index (χ1v) is 9.40. The number of hydrogen-bond donors (Lipinski definition) is 1. The number of non-ortho nitro benzene ring substituents is 1. The lowest BCUT2D eigenvalue weighted by molar-refractivity contribution is -0.384. The van der Waals surface area contributed by atoms with E-state index in [1.807, 2.05) is 12.1 Å². The number of ether oxygens (including phenoxy) is 3. The average molecular weight is 395 g/mol. The van der Waals surface area contributed by atoms with Gasteiger partial charge in [0.25, 0.3) is 5.69 Å². The minimum atomic E-state index is -0.444. The number of rotatable bonds is 6. The van der Waals surface area contributed by atoms with Crippen LogP contribution < -0.4 is 19.5 Å². The molecule has 0 unspecified atom stereocenters. The Balaban J connectivity index is 1.64. The minimum absolute atomic E-state index is 0.0123. The van der Waals surface area contributed by atoms with E-state index in [0.29, 0.717) is 28.5 Å². The van der Waals surface area contributed by atoms with Crippen LogP contribution in [0.15, 0.2) is 48.7 Å². The fourth-order valence-electron chi connectivity index (χ4n) is 3.32. The van der Waals surface area contributed by atoms with Crippen molar-refractivity contribution >= 4 is 16.6 Å². The van der Waals surface area contributed by atoms with Gasteiger partial charge in [-0.25, -0.2) is 0 Å². The largest absolute Gasteiger partial charge is 0.493 e. The van der Waals surface area contributed by atoms with Gasteiger partial charge in [-0.3, -0.25) is 15.1 Å². The lowest BCUT2D eigenvalue weighted by atomic mass is 10.1. The summed E-state index contributed by atoms with van der Waals surface area (Å²) in [6, 6.07) is 11.4. The van der Waals surface area contributed by atoms with Crippen molar-refractivity contribution in [3.63, 3.8) is 0 Å². The van der Waals surface area contributed by atoms with Crippen LogP contribution in [0.1, 0.15) is 12.8 Å². The summed E-state index contributed by atoms with van der Waals surface area (Å²) in [5.74, 6) is 2.34. The van der Waals surface area contributed by atoms with Crippen LogP contribution in [-0.4, -0.2) is 36.2 Å². The summed E-state index contributed by atoms with van der Waals surface area (Å²) in [7, 11) is 1.60. The molecule has 1 aliphatic rings. The van der Waals surface area contributed by atoms with Crippen LogP contribution in [0.4, 0.5) is 5.69 Å². The molecule has 8 nitrogen and oxygen atoms in total. The first-order valence-electron chi connectivity index (χ1n) is 9.40. The predicted molar refractivity (Wildman–Crippen MR) is 108 cm³/mol. The van der Waals surface area contributed by atoms with E-state index in [1.165, 1.54) is 12.1 Å². The lowest BCUT2D eigenvalue weighted by Gasteiger charge is -2.25. The van der Waals surface area contributed by atoms with Crippen molar-refractivity contribution in [1.29, 1.82) is 0 Å². The van der Waals surface area contributed by atoms with Crippen molar-refractivity contribution in [2.75, 3.05) is 20.2 Å². The number of benzene rings is 2. The minimum Gasteiger partial charge on any atom is -0.493 e. The van der Waals surface area contributed by atoms with Crippen LogP contribution in [0.2, 0.25) is 0 Å². The number of nitrogens with zero attached hydrogens (tertiary/aromatic N) is 2. The zero-order chi connectivity index (χ0) is 20.2.